The Balaban J connectivity index is 1.81. The van der Waals surface area contributed by atoms with Crippen LogP contribution in [0.25, 0.3) is 5.76 Å². The number of Topliss-reactive ketones (excluding diaryl/α,β-unsaturated/α-hetero) is 1. The molecule has 4 rings (SSSR count). The van der Waals surface area contributed by atoms with Crippen LogP contribution in [0.4, 0.5) is 0 Å². The van der Waals surface area contributed by atoms with Crippen LogP contribution in [0.2, 0.25) is 0 Å². The van der Waals surface area contributed by atoms with Crippen LogP contribution in [0.3, 0.4) is 0 Å². The molecule has 1 saturated heterocycles. The molecule has 2 aliphatic rings. The van der Waals surface area contributed by atoms with Gasteiger partial charge in [-0.15, -0.1) is 0 Å². The van der Waals surface area contributed by atoms with Gasteiger partial charge in [0.1, 0.15) is 19.0 Å². The fraction of sp³-hybridized carbons (Fsp3) is 0.407. The zero-order valence-electron chi connectivity index (χ0n) is 20.4. The fourth-order valence-electron chi connectivity index (χ4n) is 4.28. The second kappa shape index (κ2) is 9.14. The fourth-order valence-corrected chi connectivity index (χ4v) is 4.28. The molecular weight excluding hydrogens is 432 g/mol. The van der Waals surface area contributed by atoms with Crippen molar-refractivity contribution in [3.05, 3.63) is 64.7 Å². The zero-order valence-corrected chi connectivity index (χ0v) is 20.4. The van der Waals surface area contributed by atoms with Crippen molar-refractivity contribution in [1.82, 2.24) is 9.80 Å². The molecule has 2 heterocycles. The molecule has 1 N–H and O–H groups in total. The molecule has 0 spiro atoms. The quantitative estimate of drug-likeness (QED) is 0.413. The molecule has 0 aliphatic carbocycles. The first-order valence-corrected chi connectivity index (χ1v) is 11.5. The number of rotatable bonds is 5. The van der Waals surface area contributed by atoms with Gasteiger partial charge in [0.15, 0.2) is 11.5 Å². The monoisotopic (exact) mass is 464 g/mol. The van der Waals surface area contributed by atoms with E-state index >= 15 is 0 Å². The van der Waals surface area contributed by atoms with Crippen molar-refractivity contribution >= 4 is 17.4 Å². The summed E-state index contributed by atoms with van der Waals surface area (Å²) in [4.78, 5) is 29.8. The van der Waals surface area contributed by atoms with Crippen LogP contribution in [0.15, 0.2) is 48.0 Å². The zero-order chi connectivity index (χ0) is 24.6. The van der Waals surface area contributed by atoms with Crippen LogP contribution in [0.5, 0.6) is 11.5 Å². The van der Waals surface area contributed by atoms with Gasteiger partial charge in [-0.1, -0.05) is 45.0 Å². The number of carbonyl (C=O) groups excluding carboxylic acids is 2. The predicted octanol–water partition coefficient (Wildman–Crippen LogP) is 3.74. The minimum atomic E-state index is -0.684. The topological polar surface area (TPSA) is 79.3 Å². The number of carbonyl (C=O) groups is 2. The molecule has 1 atom stereocenters. The van der Waals surface area contributed by atoms with Gasteiger partial charge < -0.3 is 24.4 Å². The number of aliphatic hydroxyl groups is 1. The third-order valence-corrected chi connectivity index (χ3v) is 6.24. The molecule has 0 bridgehead atoms. The highest BCUT2D eigenvalue weighted by Crippen LogP contribution is 2.41. The van der Waals surface area contributed by atoms with Crippen LogP contribution >= 0.6 is 0 Å². The summed E-state index contributed by atoms with van der Waals surface area (Å²) >= 11 is 0. The lowest BCUT2D eigenvalue weighted by Gasteiger charge is -2.27. The molecule has 2 aromatic carbocycles. The normalized spacial score (nSPS) is 19.7. The van der Waals surface area contributed by atoms with Crippen molar-refractivity contribution in [2.24, 2.45) is 0 Å². The summed E-state index contributed by atoms with van der Waals surface area (Å²) in [6.45, 7) is 8.22. The number of hydrogen-bond donors (Lipinski definition) is 1. The Bertz CT molecular complexity index is 1130. The lowest BCUT2D eigenvalue weighted by Crippen LogP contribution is -2.35. The average molecular weight is 465 g/mol. The lowest BCUT2D eigenvalue weighted by molar-refractivity contribution is -0.140. The summed E-state index contributed by atoms with van der Waals surface area (Å²) in [6, 6.07) is 12.3. The molecule has 1 amide bonds. The largest absolute Gasteiger partial charge is 0.507 e. The van der Waals surface area contributed by atoms with E-state index in [1.807, 2.05) is 43.3 Å². The molecule has 34 heavy (non-hydrogen) atoms. The maximum Gasteiger partial charge on any atom is 0.295 e. The minimum Gasteiger partial charge on any atom is -0.507 e. The maximum atomic E-state index is 13.2. The first kappa shape index (κ1) is 23.8. The molecule has 1 fully saturated rings. The molecule has 180 valence electrons. The number of ketones is 1. The van der Waals surface area contributed by atoms with Crippen LogP contribution in [0, 0.1) is 0 Å². The highest BCUT2D eigenvalue weighted by atomic mass is 16.6. The molecule has 0 aromatic heterocycles. The van der Waals surface area contributed by atoms with Crippen molar-refractivity contribution in [2.75, 3.05) is 40.4 Å². The Hall–Kier alpha value is -3.32. The van der Waals surface area contributed by atoms with E-state index in [2.05, 4.69) is 20.8 Å². The van der Waals surface area contributed by atoms with Crippen LogP contribution in [0.1, 0.15) is 43.5 Å². The Kier molecular flexibility index (Phi) is 6.41. The van der Waals surface area contributed by atoms with E-state index < -0.39 is 17.7 Å². The highest BCUT2D eigenvalue weighted by Gasteiger charge is 2.46. The van der Waals surface area contributed by atoms with Crippen molar-refractivity contribution in [2.45, 2.75) is 32.2 Å². The van der Waals surface area contributed by atoms with Gasteiger partial charge >= 0.3 is 0 Å². The van der Waals surface area contributed by atoms with Crippen molar-refractivity contribution < 1.29 is 24.2 Å². The van der Waals surface area contributed by atoms with Crippen molar-refractivity contribution in [3.63, 3.8) is 0 Å². The summed E-state index contributed by atoms with van der Waals surface area (Å²) in [5, 5.41) is 11.3. The Morgan fingerprint density at radius 3 is 2.29 bits per heavy atom. The Morgan fingerprint density at radius 2 is 1.68 bits per heavy atom. The third-order valence-electron chi connectivity index (χ3n) is 6.24. The van der Waals surface area contributed by atoms with Gasteiger partial charge in [0.25, 0.3) is 11.7 Å². The van der Waals surface area contributed by atoms with E-state index in [-0.39, 0.29) is 16.7 Å². The first-order valence-electron chi connectivity index (χ1n) is 11.5. The first-order chi connectivity index (χ1) is 16.1. The van der Waals surface area contributed by atoms with Gasteiger partial charge in [-0.2, -0.15) is 0 Å². The van der Waals surface area contributed by atoms with Crippen molar-refractivity contribution in [3.8, 4) is 11.5 Å². The molecule has 7 nitrogen and oxygen atoms in total. The number of nitrogens with zero attached hydrogens (tertiary/aromatic N) is 2. The van der Waals surface area contributed by atoms with E-state index in [1.54, 1.807) is 23.1 Å². The van der Waals surface area contributed by atoms with Gasteiger partial charge in [-0.3, -0.25) is 9.59 Å². The molecular formula is C27H32N2O5. The molecule has 0 radical (unpaired) electrons. The molecule has 0 saturated carbocycles. The molecule has 7 heteroatoms. The molecule has 2 aromatic rings. The maximum absolute atomic E-state index is 13.2. The Labute approximate surface area is 200 Å². The lowest BCUT2D eigenvalue weighted by atomic mass is 9.85. The predicted molar refractivity (Wildman–Crippen MR) is 130 cm³/mol. The number of hydrogen-bond acceptors (Lipinski definition) is 6. The second-order valence-corrected chi connectivity index (χ2v) is 10.0. The van der Waals surface area contributed by atoms with Gasteiger partial charge in [-0.25, -0.2) is 0 Å². The summed E-state index contributed by atoms with van der Waals surface area (Å²) < 4.78 is 11.2. The van der Waals surface area contributed by atoms with Crippen LogP contribution in [-0.2, 0) is 15.0 Å². The van der Waals surface area contributed by atoms with E-state index in [4.69, 9.17) is 9.47 Å². The second-order valence-electron chi connectivity index (χ2n) is 10.0. The van der Waals surface area contributed by atoms with E-state index in [9.17, 15) is 14.7 Å². The van der Waals surface area contributed by atoms with Gasteiger partial charge in [0, 0.05) is 18.7 Å². The van der Waals surface area contributed by atoms with E-state index in [0.717, 1.165) is 11.1 Å². The van der Waals surface area contributed by atoms with Gasteiger partial charge in [-0.05, 0) is 48.8 Å². The van der Waals surface area contributed by atoms with Gasteiger partial charge in [0.05, 0.1) is 11.6 Å². The van der Waals surface area contributed by atoms with Crippen LogP contribution in [-0.4, -0.2) is 67.0 Å². The van der Waals surface area contributed by atoms with Crippen molar-refractivity contribution in [1.29, 1.82) is 0 Å². The number of ether oxygens (including phenoxy) is 2. The summed E-state index contributed by atoms with van der Waals surface area (Å²) in [6.07, 6.45) is 0. The number of fused-ring (bicyclic) bond motifs is 1. The number of likely N-dealkylation sites (N-methyl/N-ethyl adjacent to an activating group) is 1. The highest BCUT2D eigenvalue weighted by molar-refractivity contribution is 6.46. The molecule has 1 unspecified atom stereocenters. The van der Waals surface area contributed by atoms with E-state index in [0.29, 0.717) is 43.4 Å². The number of likely N-dealkylation sites (tertiary alicyclic amines) is 1. The standard InChI is InChI=1S/C27H32N2O5/c1-27(2,3)19-9-6-17(7-10-19)23-22(25(31)26(32)29(23)13-12-28(4)5)24(30)18-8-11-20-21(16-18)34-15-14-33-20/h6-11,16,23,30H,12-15H2,1-5H3/b24-22-. The minimum absolute atomic E-state index is 0.0313. The summed E-state index contributed by atoms with van der Waals surface area (Å²) in [7, 11) is 3.83. The Morgan fingerprint density at radius 1 is 1.03 bits per heavy atom. The number of aliphatic hydroxyl groups excluding tert-OH is 1. The number of amides is 1. The average Bonchev–Trinajstić information content (AvgIpc) is 3.06. The number of benzene rings is 2. The van der Waals surface area contributed by atoms with E-state index in [1.165, 1.54) is 0 Å². The molecule has 2 aliphatic heterocycles. The summed E-state index contributed by atoms with van der Waals surface area (Å²) in [5.74, 6) is -0.416. The third kappa shape index (κ3) is 4.53. The SMILES string of the molecule is CN(C)CCN1C(=O)C(=O)/C(=C(\O)c2ccc3c(c2)OCCO3)C1c1ccc(C(C)(C)C)cc1. The van der Waals surface area contributed by atoms with Crippen LogP contribution < -0.4 is 9.47 Å². The summed E-state index contributed by atoms with van der Waals surface area (Å²) in [5.41, 5.74) is 2.39. The smallest absolute Gasteiger partial charge is 0.295 e. The van der Waals surface area contributed by atoms with Gasteiger partial charge in [0.2, 0.25) is 0 Å².